The van der Waals surface area contributed by atoms with E-state index >= 15 is 0 Å². The third-order valence-electron chi connectivity index (χ3n) is 2.70. The van der Waals surface area contributed by atoms with Gasteiger partial charge >= 0.3 is 0 Å². The molecule has 0 aromatic carbocycles. The summed E-state index contributed by atoms with van der Waals surface area (Å²) in [5.74, 6) is 2.15. The van der Waals surface area contributed by atoms with Gasteiger partial charge in [-0.3, -0.25) is 0 Å². The predicted molar refractivity (Wildman–Crippen MR) is 74.9 cm³/mol. The van der Waals surface area contributed by atoms with Crippen LogP contribution in [0, 0.1) is 6.92 Å². The number of hydrogen-bond acceptors (Lipinski definition) is 6. The van der Waals surface area contributed by atoms with Crippen LogP contribution in [0.25, 0.3) is 0 Å². The van der Waals surface area contributed by atoms with Gasteiger partial charge in [-0.15, -0.1) is 11.3 Å². The molecule has 0 amide bonds. The van der Waals surface area contributed by atoms with Gasteiger partial charge in [0, 0.05) is 30.3 Å². The highest BCUT2D eigenvalue weighted by Gasteiger charge is 2.07. The maximum atomic E-state index is 5.86. The monoisotopic (exact) mass is 263 g/mol. The Hall–Kier alpha value is -1.69. The Morgan fingerprint density at radius 2 is 2.22 bits per heavy atom. The maximum Gasteiger partial charge on any atom is 0.134 e. The van der Waals surface area contributed by atoms with Crippen LogP contribution in [0.15, 0.2) is 10.9 Å². The van der Waals surface area contributed by atoms with Crippen molar-refractivity contribution in [3.63, 3.8) is 0 Å². The molecule has 5 nitrogen and oxygen atoms in total. The molecule has 0 aliphatic heterocycles. The first-order valence-corrected chi connectivity index (χ1v) is 6.89. The minimum Gasteiger partial charge on any atom is -0.383 e. The Kier molecular flexibility index (Phi) is 4.09. The summed E-state index contributed by atoms with van der Waals surface area (Å²) >= 11 is 1.61. The summed E-state index contributed by atoms with van der Waals surface area (Å²) in [5.41, 5.74) is 9.71. The molecule has 0 radical (unpaired) electrons. The number of nitrogens with one attached hydrogen (secondary N) is 1. The largest absolute Gasteiger partial charge is 0.383 e. The van der Waals surface area contributed by atoms with Crippen molar-refractivity contribution in [2.75, 3.05) is 17.6 Å². The van der Waals surface area contributed by atoms with Gasteiger partial charge in [-0.1, -0.05) is 6.92 Å². The SMILES string of the molecule is CCc1nc(N)c(C)c(NCCc2cscn2)n1. The van der Waals surface area contributed by atoms with Crippen LogP contribution < -0.4 is 11.1 Å². The third kappa shape index (κ3) is 2.95. The van der Waals surface area contributed by atoms with E-state index in [1.54, 1.807) is 11.3 Å². The molecule has 2 aromatic rings. The van der Waals surface area contributed by atoms with Gasteiger partial charge in [0.2, 0.25) is 0 Å². The van der Waals surface area contributed by atoms with Crippen LogP contribution >= 0.6 is 11.3 Å². The Bertz CT molecular complexity index is 509. The fraction of sp³-hybridized carbons (Fsp3) is 0.417. The Balaban J connectivity index is 2.02. The summed E-state index contributed by atoms with van der Waals surface area (Å²) < 4.78 is 0. The van der Waals surface area contributed by atoms with Crippen LogP contribution in [0.4, 0.5) is 11.6 Å². The number of hydrogen-bond donors (Lipinski definition) is 2. The molecule has 18 heavy (non-hydrogen) atoms. The van der Waals surface area contributed by atoms with Gasteiger partial charge in [0.1, 0.15) is 17.5 Å². The van der Waals surface area contributed by atoms with Crippen molar-refractivity contribution in [2.45, 2.75) is 26.7 Å². The molecule has 0 saturated carbocycles. The fourth-order valence-electron chi connectivity index (χ4n) is 1.58. The molecule has 2 aromatic heterocycles. The topological polar surface area (TPSA) is 76.7 Å². The highest BCUT2D eigenvalue weighted by molar-refractivity contribution is 7.07. The van der Waals surface area contributed by atoms with E-state index in [9.17, 15) is 0 Å². The average molecular weight is 263 g/mol. The highest BCUT2D eigenvalue weighted by Crippen LogP contribution is 2.17. The number of nitrogen functional groups attached to an aromatic ring is 1. The van der Waals surface area contributed by atoms with Crippen molar-refractivity contribution in [2.24, 2.45) is 0 Å². The van der Waals surface area contributed by atoms with E-state index < -0.39 is 0 Å². The zero-order valence-corrected chi connectivity index (χ0v) is 11.4. The first-order valence-electron chi connectivity index (χ1n) is 5.94. The molecule has 0 aliphatic carbocycles. The van der Waals surface area contributed by atoms with E-state index in [0.29, 0.717) is 5.82 Å². The van der Waals surface area contributed by atoms with Crippen LogP contribution in [-0.4, -0.2) is 21.5 Å². The number of aryl methyl sites for hydroxylation is 1. The van der Waals surface area contributed by atoms with E-state index in [1.165, 1.54) is 0 Å². The van der Waals surface area contributed by atoms with Gasteiger partial charge < -0.3 is 11.1 Å². The van der Waals surface area contributed by atoms with Crippen LogP contribution in [0.5, 0.6) is 0 Å². The summed E-state index contributed by atoms with van der Waals surface area (Å²) in [6, 6.07) is 0. The summed E-state index contributed by atoms with van der Waals surface area (Å²) in [5, 5.41) is 5.36. The normalized spacial score (nSPS) is 10.6. The molecule has 96 valence electrons. The fourth-order valence-corrected chi connectivity index (χ4v) is 2.18. The molecule has 0 aliphatic rings. The van der Waals surface area contributed by atoms with Crippen LogP contribution in [0.1, 0.15) is 24.0 Å². The van der Waals surface area contributed by atoms with E-state index in [-0.39, 0.29) is 0 Å². The van der Waals surface area contributed by atoms with Crippen molar-refractivity contribution in [3.05, 3.63) is 28.0 Å². The van der Waals surface area contributed by atoms with E-state index in [2.05, 4.69) is 25.6 Å². The van der Waals surface area contributed by atoms with Gasteiger partial charge in [0.25, 0.3) is 0 Å². The Labute approximate surface area is 111 Å². The first kappa shape index (κ1) is 12.8. The van der Waals surface area contributed by atoms with Crippen molar-refractivity contribution in [1.29, 1.82) is 0 Å². The Morgan fingerprint density at radius 1 is 1.39 bits per heavy atom. The molecule has 0 spiro atoms. The first-order chi connectivity index (χ1) is 8.70. The molecule has 0 bridgehead atoms. The van der Waals surface area contributed by atoms with Crippen molar-refractivity contribution in [3.8, 4) is 0 Å². The second-order valence-corrected chi connectivity index (χ2v) is 4.73. The number of rotatable bonds is 5. The number of nitrogens with zero attached hydrogens (tertiary/aromatic N) is 3. The van der Waals surface area contributed by atoms with Gasteiger partial charge in [-0.2, -0.15) is 0 Å². The minimum atomic E-state index is 0.554. The predicted octanol–water partition coefficient (Wildman–Crippen LogP) is 2.04. The molecule has 0 saturated heterocycles. The lowest BCUT2D eigenvalue weighted by molar-refractivity contribution is 0.914. The van der Waals surface area contributed by atoms with Gasteiger partial charge in [0.15, 0.2) is 0 Å². The number of nitrogens with two attached hydrogens (primary N) is 1. The minimum absolute atomic E-state index is 0.554. The van der Waals surface area contributed by atoms with Gasteiger partial charge in [-0.25, -0.2) is 15.0 Å². The lowest BCUT2D eigenvalue weighted by atomic mass is 10.2. The third-order valence-corrected chi connectivity index (χ3v) is 3.34. The van der Waals surface area contributed by atoms with Crippen molar-refractivity contribution < 1.29 is 0 Å². The van der Waals surface area contributed by atoms with E-state index in [4.69, 9.17) is 5.73 Å². The van der Waals surface area contributed by atoms with Gasteiger partial charge in [-0.05, 0) is 6.92 Å². The molecule has 3 N–H and O–H groups in total. The second kappa shape index (κ2) is 5.77. The van der Waals surface area contributed by atoms with Crippen LogP contribution in [-0.2, 0) is 12.8 Å². The van der Waals surface area contributed by atoms with Crippen LogP contribution in [0.2, 0.25) is 0 Å². The number of thiazole rings is 1. The molecule has 0 fully saturated rings. The molecular weight excluding hydrogens is 246 g/mol. The van der Waals surface area contributed by atoms with Gasteiger partial charge in [0.05, 0.1) is 11.2 Å². The lowest BCUT2D eigenvalue weighted by Gasteiger charge is -2.10. The molecular formula is C12H17N5S. The van der Waals surface area contributed by atoms with Crippen molar-refractivity contribution >= 4 is 23.0 Å². The molecule has 2 rings (SSSR count). The summed E-state index contributed by atoms with van der Waals surface area (Å²) in [7, 11) is 0. The quantitative estimate of drug-likeness (QED) is 0.863. The van der Waals surface area contributed by atoms with Crippen molar-refractivity contribution in [1.82, 2.24) is 15.0 Å². The molecule has 2 heterocycles. The summed E-state index contributed by atoms with van der Waals surface area (Å²) in [6.45, 7) is 4.74. The smallest absolute Gasteiger partial charge is 0.134 e. The zero-order valence-electron chi connectivity index (χ0n) is 10.6. The maximum absolute atomic E-state index is 5.86. The van der Waals surface area contributed by atoms with E-state index in [0.717, 1.165) is 42.3 Å². The average Bonchev–Trinajstić information content (AvgIpc) is 2.87. The molecule has 0 unspecified atom stereocenters. The molecule has 0 atom stereocenters. The van der Waals surface area contributed by atoms with Crippen LogP contribution in [0.3, 0.4) is 0 Å². The second-order valence-electron chi connectivity index (χ2n) is 4.01. The standard InChI is InChI=1S/C12H17N5S/c1-3-10-16-11(13)8(2)12(17-10)14-5-4-9-6-18-7-15-9/h6-7H,3-5H2,1-2H3,(H3,13,14,16,17). The lowest BCUT2D eigenvalue weighted by Crippen LogP contribution is -2.11. The number of anilines is 2. The zero-order chi connectivity index (χ0) is 13.0. The summed E-state index contributed by atoms with van der Waals surface area (Å²) in [6.07, 6.45) is 1.67. The van der Waals surface area contributed by atoms with E-state index in [1.807, 2.05) is 19.4 Å². The highest BCUT2D eigenvalue weighted by atomic mass is 32.1. The Morgan fingerprint density at radius 3 is 2.89 bits per heavy atom. The molecule has 6 heteroatoms. The number of aromatic nitrogens is 3. The summed E-state index contributed by atoms with van der Waals surface area (Å²) in [4.78, 5) is 12.9.